The number of hydrogen-bond donors (Lipinski definition) is 1. The molecule has 1 N–H and O–H groups in total. The molecule has 1 amide bonds. The van der Waals surface area contributed by atoms with Crippen LogP contribution in [-0.4, -0.2) is 34.4 Å². The lowest BCUT2D eigenvalue weighted by molar-refractivity contribution is -0.384. The summed E-state index contributed by atoms with van der Waals surface area (Å²) in [5.74, 6) is -0.769. The monoisotopic (exact) mass is 399 g/mol. The average molecular weight is 399 g/mol. The van der Waals surface area contributed by atoms with Crippen LogP contribution in [0.15, 0.2) is 24.3 Å². The van der Waals surface area contributed by atoms with E-state index in [2.05, 4.69) is 4.98 Å². The molecule has 0 atom stereocenters. The Hall–Kier alpha value is -3.16. The van der Waals surface area contributed by atoms with Gasteiger partial charge in [0.15, 0.2) is 0 Å². The van der Waals surface area contributed by atoms with Crippen molar-refractivity contribution in [2.24, 2.45) is 0 Å². The number of rotatable bonds is 6. The number of aromatic amines is 1. The Labute approximate surface area is 169 Å². The molecule has 0 bridgehead atoms. The molecule has 29 heavy (non-hydrogen) atoms. The van der Waals surface area contributed by atoms with Crippen LogP contribution in [0.5, 0.6) is 0 Å². The van der Waals surface area contributed by atoms with Gasteiger partial charge in [-0.3, -0.25) is 14.9 Å². The molecule has 1 saturated carbocycles. The highest BCUT2D eigenvalue weighted by molar-refractivity contribution is 6.08. The van der Waals surface area contributed by atoms with Gasteiger partial charge in [0.2, 0.25) is 0 Å². The van der Waals surface area contributed by atoms with Crippen molar-refractivity contribution in [1.29, 1.82) is 0 Å². The lowest BCUT2D eigenvalue weighted by Gasteiger charge is -2.29. The fraction of sp³-hybridized carbons (Fsp3) is 0.429. The fourth-order valence-electron chi connectivity index (χ4n) is 4.01. The molecule has 1 fully saturated rings. The summed E-state index contributed by atoms with van der Waals surface area (Å²) in [5.41, 5.74) is 2.18. The first-order valence-corrected chi connectivity index (χ1v) is 9.79. The van der Waals surface area contributed by atoms with Crippen LogP contribution in [0.25, 0.3) is 0 Å². The summed E-state index contributed by atoms with van der Waals surface area (Å²) < 4.78 is 5.11. The minimum Gasteiger partial charge on any atom is -0.462 e. The van der Waals surface area contributed by atoms with Crippen LogP contribution in [0.2, 0.25) is 0 Å². The summed E-state index contributed by atoms with van der Waals surface area (Å²) >= 11 is 0. The number of H-pyrrole nitrogens is 1. The number of anilines is 1. The second-order valence-electron chi connectivity index (χ2n) is 7.24. The Morgan fingerprint density at radius 1 is 1.28 bits per heavy atom. The normalized spacial score (nSPS) is 14.0. The summed E-state index contributed by atoms with van der Waals surface area (Å²) in [4.78, 5) is 41.3. The highest BCUT2D eigenvalue weighted by atomic mass is 16.6. The molecule has 1 aliphatic carbocycles. The number of nitrogens with zero attached hydrogens (tertiary/aromatic N) is 2. The molecule has 154 valence electrons. The molecule has 0 aliphatic heterocycles. The van der Waals surface area contributed by atoms with Gasteiger partial charge in [0.1, 0.15) is 5.69 Å². The molecular formula is C21H25N3O5. The molecule has 0 spiro atoms. The van der Waals surface area contributed by atoms with Gasteiger partial charge >= 0.3 is 5.97 Å². The van der Waals surface area contributed by atoms with Crippen LogP contribution < -0.4 is 4.90 Å². The molecule has 2 aromatic rings. The van der Waals surface area contributed by atoms with Crippen molar-refractivity contribution in [2.75, 3.05) is 11.5 Å². The topological polar surface area (TPSA) is 106 Å². The highest BCUT2D eigenvalue weighted by Gasteiger charge is 2.33. The van der Waals surface area contributed by atoms with Crippen molar-refractivity contribution in [2.45, 2.75) is 52.5 Å². The van der Waals surface area contributed by atoms with E-state index < -0.39 is 10.9 Å². The maximum atomic E-state index is 13.6. The Morgan fingerprint density at radius 3 is 2.59 bits per heavy atom. The molecule has 8 nitrogen and oxygen atoms in total. The number of hydrogen-bond acceptors (Lipinski definition) is 5. The third-order valence-electron chi connectivity index (χ3n) is 5.36. The third-order valence-corrected chi connectivity index (χ3v) is 5.36. The number of aryl methyl sites for hydroxylation is 1. The zero-order valence-corrected chi connectivity index (χ0v) is 16.9. The van der Waals surface area contributed by atoms with E-state index in [1.54, 1.807) is 37.8 Å². The number of amides is 1. The van der Waals surface area contributed by atoms with Gasteiger partial charge in [0.05, 0.1) is 22.8 Å². The average Bonchev–Trinajstić information content (AvgIpc) is 3.30. The zero-order chi connectivity index (χ0) is 21.1. The van der Waals surface area contributed by atoms with Crippen LogP contribution in [0.1, 0.15) is 64.7 Å². The van der Waals surface area contributed by atoms with Gasteiger partial charge in [-0.15, -0.1) is 0 Å². The van der Waals surface area contributed by atoms with E-state index in [1.165, 1.54) is 12.1 Å². The Balaban J connectivity index is 2.05. The Kier molecular flexibility index (Phi) is 6.00. The van der Waals surface area contributed by atoms with Crippen LogP contribution in [0.3, 0.4) is 0 Å². The Morgan fingerprint density at radius 2 is 1.97 bits per heavy atom. The molecule has 0 unspecified atom stereocenters. The summed E-state index contributed by atoms with van der Waals surface area (Å²) in [6, 6.07) is 6.08. The standard InChI is InChI=1S/C21H25N3O5/c1-4-29-21(26)18-13(2)19(22-14(18)3)20(25)23(15-8-5-6-9-15)16-10-7-11-17(12-16)24(27)28/h7,10-12,15,22H,4-6,8-9H2,1-3H3. The number of nitro benzene ring substituents is 1. The predicted octanol–water partition coefficient (Wildman–Crippen LogP) is 4.31. The minimum absolute atomic E-state index is 0.0430. The highest BCUT2D eigenvalue weighted by Crippen LogP contribution is 2.32. The van der Waals surface area contributed by atoms with E-state index in [9.17, 15) is 19.7 Å². The SMILES string of the molecule is CCOC(=O)c1c(C)[nH]c(C(=O)N(c2cccc([N+](=O)[O-])c2)C2CCCC2)c1C. The summed E-state index contributed by atoms with van der Waals surface area (Å²) in [6.45, 7) is 5.41. The minimum atomic E-state index is -0.472. The van der Waals surface area contributed by atoms with Crippen molar-refractivity contribution < 1.29 is 19.2 Å². The van der Waals surface area contributed by atoms with Crippen molar-refractivity contribution >= 4 is 23.3 Å². The number of carbonyl (C=O) groups is 2. The van der Waals surface area contributed by atoms with Crippen LogP contribution in [0, 0.1) is 24.0 Å². The third kappa shape index (κ3) is 4.01. The molecule has 0 saturated heterocycles. The number of esters is 1. The smallest absolute Gasteiger partial charge is 0.340 e. The number of non-ortho nitro benzene ring substituents is 1. The molecule has 1 aromatic heterocycles. The van der Waals surface area contributed by atoms with Gasteiger partial charge in [-0.1, -0.05) is 18.9 Å². The van der Waals surface area contributed by atoms with E-state index in [1.807, 2.05) is 0 Å². The quantitative estimate of drug-likeness (QED) is 0.443. The summed E-state index contributed by atoms with van der Waals surface area (Å²) in [7, 11) is 0. The summed E-state index contributed by atoms with van der Waals surface area (Å²) in [6.07, 6.45) is 3.66. The second-order valence-corrected chi connectivity index (χ2v) is 7.24. The zero-order valence-electron chi connectivity index (χ0n) is 16.9. The van der Waals surface area contributed by atoms with Crippen LogP contribution in [0.4, 0.5) is 11.4 Å². The molecule has 8 heteroatoms. The van der Waals surface area contributed by atoms with Gasteiger partial charge < -0.3 is 14.6 Å². The van der Waals surface area contributed by atoms with E-state index in [4.69, 9.17) is 4.74 Å². The van der Waals surface area contributed by atoms with E-state index in [0.29, 0.717) is 28.2 Å². The lowest BCUT2D eigenvalue weighted by atomic mass is 10.1. The van der Waals surface area contributed by atoms with Gasteiger partial charge in [0, 0.05) is 23.9 Å². The largest absolute Gasteiger partial charge is 0.462 e. The number of nitro groups is 1. The number of nitrogens with one attached hydrogen (secondary N) is 1. The molecular weight excluding hydrogens is 374 g/mol. The molecule has 1 aromatic carbocycles. The number of benzene rings is 1. The molecule has 1 aliphatic rings. The molecule has 3 rings (SSSR count). The lowest BCUT2D eigenvalue weighted by Crippen LogP contribution is -2.39. The maximum absolute atomic E-state index is 13.6. The second kappa shape index (κ2) is 8.46. The molecule has 1 heterocycles. The fourth-order valence-corrected chi connectivity index (χ4v) is 4.01. The number of ether oxygens (including phenoxy) is 1. The van der Waals surface area contributed by atoms with Gasteiger partial charge in [-0.05, 0) is 45.2 Å². The first-order chi connectivity index (χ1) is 13.8. The van der Waals surface area contributed by atoms with Crippen molar-refractivity contribution in [3.63, 3.8) is 0 Å². The number of carbonyl (C=O) groups excluding carboxylic acids is 2. The first kappa shape index (κ1) is 20.6. The van der Waals surface area contributed by atoms with E-state index >= 15 is 0 Å². The van der Waals surface area contributed by atoms with E-state index in [-0.39, 0.29) is 24.2 Å². The number of aromatic nitrogens is 1. The van der Waals surface area contributed by atoms with Gasteiger partial charge in [0.25, 0.3) is 11.6 Å². The Bertz CT molecular complexity index is 944. The predicted molar refractivity (Wildman–Crippen MR) is 108 cm³/mol. The summed E-state index contributed by atoms with van der Waals surface area (Å²) in [5, 5.41) is 11.2. The first-order valence-electron chi connectivity index (χ1n) is 9.79. The van der Waals surface area contributed by atoms with Crippen molar-refractivity contribution in [3.8, 4) is 0 Å². The van der Waals surface area contributed by atoms with Crippen molar-refractivity contribution in [1.82, 2.24) is 4.98 Å². The van der Waals surface area contributed by atoms with E-state index in [0.717, 1.165) is 25.7 Å². The van der Waals surface area contributed by atoms with Gasteiger partial charge in [-0.25, -0.2) is 4.79 Å². The van der Waals surface area contributed by atoms with Crippen LogP contribution >= 0.6 is 0 Å². The van der Waals surface area contributed by atoms with Crippen molar-refractivity contribution in [3.05, 3.63) is 56.9 Å². The van der Waals surface area contributed by atoms with Crippen LogP contribution in [-0.2, 0) is 4.74 Å². The maximum Gasteiger partial charge on any atom is 0.340 e. The molecule has 0 radical (unpaired) electrons. The van der Waals surface area contributed by atoms with Gasteiger partial charge in [-0.2, -0.15) is 0 Å².